The maximum Gasteiger partial charge on any atom is 0.230 e. The minimum absolute atomic E-state index is 0.281. The lowest BCUT2D eigenvalue weighted by atomic mass is 10.1. The van der Waals surface area contributed by atoms with Crippen molar-refractivity contribution in [3.63, 3.8) is 0 Å². The number of fused-ring (bicyclic) bond motifs is 1. The second-order valence-corrected chi connectivity index (χ2v) is 5.72. The number of hydrogen-bond donors (Lipinski definition) is 0. The van der Waals surface area contributed by atoms with Crippen LogP contribution >= 0.6 is 11.8 Å². The molecular weight excluding hydrogens is 220 g/mol. The van der Waals surface area contributed by atoms with Gasteiger partial charge in [-0.1, -0.05) is 6.08 Å². The molecule has 1 atom stereocenters. The van der Waals surface area contributed by atoms with Gasteiger partial charge in [-0.25, -0.2) is 0 Å². The normalized spacial score (nSPS) is 28.6. The van der Waals surface area contributed by atoms with Crippen molar-refractivity contribution < 1.29 is 4.79 Å². The van der Waals surface area contributed by atoms with Crippen LogP contribution in [0.2, 0.25) is 0 Å². The van der Waals surface area contributed by atoms with Crippen molar-refractivity contribution in [2.45, 2.75) is 24.6 Å². The molecule has 0 unspecified atom stereocenters. The van der Waals surface area contributed by atoms with Crippen molar-refractivity contribution in [2.24, 2.45) is 0 Å². The van der Waals surface area contributed by atoms with Gasteiger partial charge in [0.2, 0.25) is 5.91 Å². The lowest BCUT2D eigenvalue weighted by Gasteiger charge is -2.41. The zero-order chi connectivity index (χ0) is 11.0. The lowest BCUT2D eigenvalue weighted by molar-refractivity contribution is -0.137. The number of carbonyl (C=O) groups excluding carboxylic acids is 1. The van der Waals surface area contributed by atoms with E-state index in [9.17, 15) is 4.79 Å². The summed E-state index contributed by atoms with van der Waals surface area (Å²) in [5.74, 6) is 1.36. The highest BCUT2D eigenvalue weighted by molar-refractivity contribution is 8.00. The van der Waals surface area contributed by atoms with Gasteiger partial charge in [-0.2, -0.15) is 0 Å². The third kappa shape index (κ3) is 1.86. The van der Waals surface area contributed by atoms with E-state index in [1.807, 2.05) is 16.7 Å². The molecule has 0 aromatic rings. The molecule has 0 saturated carbocycles. The van der Waals surface area contributed by atoms with Crippen molar-refractivity contribution in [3.05, 3.63) is 24.0 Å². The summed E-state index contributed by atoms with van der Waals surface area (Å²) in [6.45, 7) is 2.13. The van der Waals surface area contributed by atoms with Crippen LogP contribution in [0.4, 0.5) is 0 Å². The Balaban J connectivity index is 1.64. The van der Waals surface area contributed by atoms with Gasteiger partial charge in [-0.3, -0.25) is 4.79 Å². The Bertz CT molecular complexity index is 364. The molecule has 0 N–H and O–H groups in total. The van der Waals surface area contributed by atoms with E-state index in [-0.39, 0.29) is 5.91 Å². The number of allylic oxidation sites excluding steroid dienone is 1. The van der Waals surface area contributed by atoms with Crippen molar-refractivity contribution in [3.8, 4) is 0 Å². The Morgan fingerprint density at radius 1 is 1.50 bits per heavy atom. The van der Waals surface area contributed by atoms with E-state index in [2.05, 4.69) is 23.4 Å². The van der Waals surface area contributed by atoms with Crippen LogP contribution in [0, 0.1) is 0 Å². The number of rotatable bonds is 2. The van der Waals surface area contributed by atoms with Crippen LogP contribution in [-0.4, -0.2) is 39.9 Å². The van der Waals surface area contributed by atoms with E-state index in [1.54, 1.807) is 0 Å². The molecule has 0 aromatic carbocycles. The van der Waals surface area contributed by atoms with Crippen LogP contribution in [0.1, 0.15) is 19.3 Å². The summed E-state index contributed by atoms with van der Waals surface area (Å²) >= 11 is 1.90. The summed E-state index contributed by atoms with van der Waals surface area (Å²) in [5, 5.41) is 0.438. The van der Waals surface area contributed by atoms with E-state index < -0.39 is 0 Å². The number of thioether (sulfide) groups is 1. The molecular formula is C12H16N2OS. The Morgan fingerprint density at radius 2 is 2.44 bits per heavy atom. The smallest absolute Gasteiger partial charge is 0.230 e. The van der Waals surface area contributed by atoms with E-state index in [1.165, 1.54) is 18.4 Å². The van der Waals surface area contributed by atoms with Gasteiger partial charge in [0.05, 0.1) is 11.8 Å². The highest BCUT2D eigenvalue weighted by Gasteiger charge is 2.37. The first kappa shape index (κ1) is 10.3. The first-order valence-electron chi connectivity index (χ1n) is 5.86. The summed E-state index contributed by atoms with van der Waals surface area (Å²) in [6, 6.07) is 0. The Morgan fingerprint density at radius 3 is 3.19 bits per heavy atom. The summed E-state index contributed by atoms with van der Waals surface area (Å²) in [6.07, 6.45) is 9.70. The molecule has 1 saturated heterocycles. The first-order chi connectivity index (χ1) is 7.83. The van der Waals surface area contributed by atoms with E-state index in [0.717, 1.165) is 25.3 Å². The summed E-state index contributed by atoms with van der Waals surface area (Å²) < 4.78 is 0. The van der Waals surface area contributed by atoms with Gasteiger partial charge in [0.15, 0.2) is 0 Å². The molecule has 0 radical (unpaired) electrons. The van der Waals surface area contributed by atoms with Crippen LogP contribution in [0.25, 0.3) is 0 Å². The SMILES string of the molecule is O=C1C[C@H]2SCC(CN3C=CCCC3)=CN12. The van der Waals surface area contributed by atoms with Gasteiger partial charge in [0.1, 0.15) is 0 Å². The molecule has 16 heavy (non-hydrogen) atoms. The molecule has 0 aliphatic carbocycles. The summed E-state index contributed by atoms with van der Waals surface area (Å²) in [5.41, 5.74) is 1.38. The largest absolute Gasteiger partial charge is 0.374 e. The lowest BCUT2D eigenvalue weighted by Crippen LogP contribution is -2.49. The predicted octanol–water partition coefficient (Wildman–Crippen LogP) is 1.79. The van der Waals surface area contributed by atoms with E-state index in [4.69, 9.17) is 0 Å². The van der Waals surface area contributed by atoms with Crippen molar-refractivity contribution >= 4 is 17.7 Å². The van der Waals surface area contributed by atoms with Crippen LogP contribution in [0.3, 0.4) is 0 Å². The molecule has 3 nitrogen and oxygen atoms in total. The van der Waals surface area contributed by atoms with Crippen molar-refractivity contribution in [1.29, 1.82) is 0 Å². The van der Waals surface area contributed by atoms with Gasteiger partial charge in [-0.15, -0.1) is 11.8 Å². The average Bonchev–Trinajstić information content (AvgIpc) is 2.31. The molecule has 0 bridgehead atoms. The maximum absolute atomic E-state index is 11.3. The van der Waals surface area contributed by atoms with Crippen LogP contribution in [0.15, 0.2) is 24.0 Å². The highest BCUT2D eigenvalue weighted by atomic mass is 32.2. The second kappa shape index (κ2) is 4.17. The zero-order valence-electron chi connectivity index (χ0n) is 9.26. The number of carbonyl (C=O) groups is 1. The maximum atomic E-state index is 11.3. The number of nitrogens with zero attached hydrogens (tertiary/aromatic N) is 2. The van der Waals surface area contributed by atoms with Gasteiger partial charge in [0.25, 0.3) is 0 Å². The van der Waals surface area contributed by atoms with Crippen LogP contribution in [-0.2, 0) is 4.79 Å². The van der Waals surface area contributed by atoms with Crippen LogP contribution in [0.5, 0.6) is 0 Å². The molecule has 3 rings (SSSR count). The third-order valence-corrected chi connectivity index (χ3v) is 4.58. The first-order valence-corrected chi connectivity index (χ1v) is 6.91. The topological polar surface area (TPSA) is 23.6 Å². The van der Waals surface area contributed by atoms with Gasteiger partial charge in [0, 0.05) is 25.0 Å². The second-order valence-electron chi connectivity index (χ2n) is 4.56. The fraction of sp³-hybridized carbons (Fsp3) is 0.583. The molecule has 1 amide bonds. The number of amides is 1. The Hall–Kier alpha value is -0.900. The van der Waals surface area contributed by atoms with E-state index >= 15 is 0 Å². The Labute approximate surface area is 100 Å². The van der Waals surface area contributed by atoms with Gasteiger partial charge >= 0.3 is 0 Å². The Kier molecular flexibility index (Phi) is 2.67. The molecule has 0 aromatic heterocycles. The minimum Gasteiger partial charge on any atom is -0.374 e. The molecule has 1 fully saturated rings. The fourth-order valence-electron chi connectivity index (χ4n) is 2.32. The average molecular weight is 236 g/mol. The molecule has 3 aliphatic heterocycles. The number of β-lactam (4-membered cyclic amide) rings is 1. The third-order valence-electron chi connectivity index (χ3n) is 3.27. The molecule has 4 heteroatoms. The fourth-order valence-corrected chi connectivity index (χ4v) is 3.49. The molecule has 3 heterocycles. The summed E-state index contributed by atoms with van der Waals surface area (Å²) in [7, 11) is 0. The highest BCUT2D eigenvalue weighted by Crippen LogP contribution is 2.35. The van der Waals surface area contributed by atoms with Crippen LogP contribution < -0.4 is 0 Å². The molecule has 86 valence electrons. The predicted molar refractivity (Wildman–Crippen MR) is 65.7 cm³/mol. The standard InChI is InChI=1S/C12H16N2OS/c15-11-6-12-14(11)8-10(9-16-12)7-13-4-2-1-3-5-13/h2,4,8,12H,1,3,5-7,9H2/t12-/m1/s1. The number of hydrogen-bond acceptors (Lipinski definition) is 3. The van der Waals surface area contributed by atoms with Gasteiger partial charge in [-0.05, 0) is 24.6 Å². The summed E-state index contributed by atoms with van der Waals surface area (Å²) in [4.78, 5) is 15.6. The monoisotopic (exact) mass is 236 g/mol. The van der Waals surface area contributed by atoms with Gasteiger partial charge < -0.3 is 9.80 Å². The minimum atomic E-state index is 0.281. The van der Waals surface area contributed by atoms with Crippen molar-refractivity contribution in [2.75, 3.05) is 18.8 Å². The molecule has 3 aliphatic rings. The molecule has 0 spiro atoms. The zero-order valence-corrected chi connectivity index (χ0v) is 10.1. The quantitative estimate of drug-likeness (QED) is 0.683. The van der Waals surface area contributed by atoms with E-state index in [0.29, 0.717) is 5.37 Å². The van der Waals surface area contributed by atoms with Crippen molar-refractivity contribution in [1.82, 2.24) is 9.80 Å².